The topological polar surface area (TPSA) is 88.1 Å². The summed E-state index contributed by atoms with van der Waals surface area (Å²) in [6.45, 7) is -0.146. The average Bonchev–Trinajstić information content (AvgIpc) is 2.29. The summed E-state index contributed by atoms with van der Waals surface area (Å²) >= 11 is 0. The van der Waals surface area contributed by atoms with Crippen molar-refractivity contribution in [3.63, 3.8) is 0 Å². The summed E-state index contributed by atoms with van der Waals surface area (Å²) in [6, 6.07) is 8.69. The van der Waals surface area contributed by atoms with Crippen molar-refractivity contribution in [1.29, 1.82) is 5.26 Å². The Morgan fingerprint density at radius 3 is 2.62 bits per heavy atom. The maximum absolute atomic E-state index is 10.5. The van der Waals surface area contributed by atoms with Gasteiger partial charge in [0.05, 0.1) is 6.07 Å². The molecule has 16 heavy (non-hydrogen) atoms. The van der Waals surface area contributed by atoms with Crippen LogP contribution in [0.4, 0.5) is 0 Å². The molecular formula is C11H13N3O2. The number of nitriles is 1. The van der Waals surface area contributed by atoms with E-state index in [1.165, 1.54) is 0 Å². The monoisotopic (exact) mass is 219 g/mol. The maximum Gasteiger partial charge on any atom is 0.255 e. The van der Waals surface area contributed by atoms with E-state index in [9.17, 15) is 4.79 Å². The van der Waals surface area contributed by atoms with E-state index in [2.05, 4.69) is 11.4 Å². The number of nitrogens with two attached hydrogens (primary N) is 1. The Balaban J connectivity index is 2.68. The van der Waals surface area contributed by atoms with Gasteiger partial charge in [-0.2, -0.15) is 5.26 Å². The number of ether oxygens (including phenoxy) is 1. The standard InChI is InChI=1S/C11H13N3O2/c1-14-10(6-12)8-2-4-9(5-3-8)16-7-11(13)15/h2-5,10,14H,7H2,1H3,(H2,13,15). The molecule has 3 N–H and O–H groups in total. The molecule has 0 bridgehead atoms. The van der Waals surface area contributed by atoms with Gasteiger partial charge in [0.15, 0.2) is 6.61 Å². The van der Waals surface area contributed by atoms with Gasteiger partial charge in [0, 0.05) is 0 Å². The third-order valence-corrected chi connectivity index (χ3v) is 2.01. The summed E-state index contributed by atoms with van der Waals surface area (Å²) < 4.78 is 5.09. The Labute approximate surface area is 93.8 Å². The second kappa shape index (κ2) is 5.73. The van der Waals surface area contributed by atoms with Crippen molar-refractivity contribution < 1.29 is 9.53 Å². The third kappa shape index (κ3) is 3.26. The van der Waals surface area contributed by atoms with Gasteiger partial charge < -0.3 is 15.8 Å². The van der Waals surface area contributed by atoms with Gasteiger partial charge in [-0.05, 0) is 24.7 Å². The van der Waals surface area contributed by atoms with E-state index in [0.717, 1.165) is 5.56 Å². The minimum Gasteiger partial charge on any atom is -0.484 e. The highest BCUT2D eigenvalue weighted by atomic mass is 16.5. The molecule has 1 rings (SSSR count). The lowest BCUT2D eigenvalue weighted by Gasteiger charge is -2.09. The van der Waals surface area contributed by atoms with Crippen molar-refractivity contribution in [2.24, 2.45) is 5.73 Å². The number of rotatable bonds is 5. The van der Waals surface area contributed by atoms with E-state index >= 15 is 0 Å². The van der Waals surface area contributed by atoms with Crippen LogP contribution >= 0.6 is 0 Å². The Hall–Kier alpha value is -2.06. The Kier molecular flexibility index (Phi) is 4.30. The van der Waals surface area contributed by atoms with Gasteiger partial charge >= 0.3 is 0 Å². The lowest BCUT2D eigenvalue weighted by molar-refractivity contribution is -0.119. The summed E-state index contributed by atoms with van der Waals surface area (Å²) in [5.74, 6) is 0.0320. The molecule has 0 radical (unpaired) electrons. The van der Waals surface area contributed by atoms with Gasteiger partial charge in [-0.25, -0.2) is 0 Å². The van der Waals surface area contributed by atoms with E-state index < -0.39 is 5.91 Å². The second-order valence-electron chi connectivity index (χ2n) is 3.17. The van der Waals surface area contributed by atoms with Crippen LogP contribution in [0.1, 0.15) is 11.6 Å². The summed E-state index contributed by atoms with van der Waals surface area (Å²) in [7, 11) is 1.71. The summed E-state index contributed by atoms with van der Waals surface area (Å²) in [4.78, 5) is 10.5. The van der Waals surface area contributed by atoms with Crippen LogP contribution < -0.4 is 15.8 Å². The maximum atomic E-state index is 10.5. The number of carbonyl (C=O) groups is 1. The number of carbonyl (C=O) groups excluding carboxylic acids is 1. The highest BCUT2D eigenvalue weighted by Crippen LogP contribution is 2.16. The molecule has 0 heterocycles. The molecule has 84 valence electrons. The van der Waals surface area contributed by atoms with Crippen molar-refractivity contribution in [2.45, 2.75) is 6.04 Å². The Bertz CT molecular complexity index is 395. The molecule has 1 aromatic carbocycles. The van der Waals surface area contributed by atoms with Crippen molar-refractivity contribution >= 4 is 5.91 Å². The number of benzene rings is 1. The Morgan fingerprint density at radius 1 is 1.56 bits per heavy atom. The number of nitrogens with zero attached hydrogens (tertiary/aromatic N) is 1. The number of amides is 1. The van der Waals surface area contributed by atoms with E-state index in [1.54, 1.807) is 31.3 Å². The molecule has 1 atom stereocenters. The molecule has 0 saturated carbocycles. The van der Waals surface area contributed by atoms with Gasteiger partial charge in [0.2, 0.25) is 0 Å². The molecule has 0 aliphatic heterocycles. The molecular weight excluding hydrogens is 206 g/mol. The molecule has 0 saturated heterocycles. The lowest BCUT2D eigenvalue weighted by atomic mass is 10.1. The van der Waals surface area contributed by atoms with Gasteiger partial charge in [-0.1, -0.05) is 12.1 Å². The van der Waals surface area contributed by atoms with Crippen LogP contribution in [0.25, 0.3) is 0 Å². The number of primary amides is 1. The molecule has 0 aliphatic carbocycles. The van der Waals surface area contributed by atoms with Gasteiger partial charge in [0.1, 0.15) is 11.8 Å². The minimum atomic E-state index is -0.519. The molecule has 5 nitrogen and oxygen atoms in total. The Morgan fingerprint density at radius 2 is 2.19 bits per heavy atom. The van der Waals surface area contributed by atoms with Crippen LogP contribution in [0.5, 0.6) is 5.75 Å². The van der Waals surface area contributed by atoms with Crippen molar-refractivity contribution in [1.82, 2.24) is 5.32 Å². The fraction of sp³-hybridized carbons (Fsp3) is 0.273. The van der Waals surface area contributed by atoms with Crippen LogP contribution in [-0.4, -0.2) is 19.6 Å². The number of nitrogens with one attached hydrogen (secondary N) is 1. The highest BCUT2D eigenvalue weighted by Gasteiger charge is 2.07. The molecule has 0 spiro atoms. The van der Waals surface area contributed by atoms with E-state index in [4.69, 9.17) is 15.7 Å². The summed E-state index contributed by atoms with van der Waals surface area (Å²) in [5.41, 5.74) is 5.79. The van der Waals surface area contributed by atoms with E-state index in [0.29, 0.717) is 5.75 Å². The van der Waals surface area contributed by atoms with E-state index in [1.807, 2.05) is 0 Å². The average molecular weight is 219 g/mol. The highest BCUT2D eigenvalue weighted by molar-refractivity contribution is 5.75. The van der Waals surface area contributed by atoms with Gasteiger partial charge in [-0.3, -0.25) is 4.79 Å². The van der Waals surface area contributed by atoms with Crippen LogP contribution in [0.3, 0.4) is 0 Å². The second-order valence-corrected chi connectivity index (χ2v) is 3.17. The van der Waals surface area contributed by atoms with Crippen molar-refractivity contribution in [3.05, 3.63) is 29.8 Å². The lowest BCUT2D eigenvalue weighted by Crippen LogP contribution is -2.20. The first-order valence-corrected chi connectivity index (χ1v) is 4.75. The minimum absolute atomic E-state index is 0.146. The van der Waals surface area contributed by atoms with Gasteiger partial charge in [0.25, 0.3) is 5.91 Å². The largest absolute Gasteiger partial charge is 0.484 e. The van der Waals surface area contributed by atoms with Crippen molar-refractivity contribution in [3.8, 4) is 11.8 Å². The number of hydrogen-bond donors (Lipinski definition) is 2. The van der Waals surface area contributed by atoms with Crippen LogP contribution in [0, 0.1) is 11.3 Å². The fourth-order valence-electron chi connectivity index (χ4n) is 1.22. The SMILES string of the molecule is CNC(C#N)c1ccc(OCC(N)=O)cc1. The van der Waals surface area contributed by atoms with Crippen molar-refractivity contribution in [2.75, 3.05) is 13.7 Å². The zero-order valence-corrected chi connectivity index (χ0v) is 8.93. The molecule has 1 amide bonds. The first-order chi connectivity index (χ1) is 7.67. The first kappa shape index (κ1) is 12.0. The summed E-state index contributed by atoms with van der Waals surface area (Å²) in [6.07, 6.45) is 0. The smallest absolute Gasteiger partial charge is 0.255 e. The first-order valence-electron chi connectivity index (χ1n) is 4.75. The summed E-state index contributed by atoms with van der Waals surface area (Å²) in [5, 5.41) is 11.7. The fourth-order valence-corrected chi connectivity index (χ4v) is 1.22. The van der Waals surface area contributed by atoms with E-state index in [-0.39, 0.29) is 12.6 Å². The van der Waals surface area contributed by atoms with Crippen LogP contribution in [-0.2, 0) is 4.79 Å². The van der Waals surface area contributed by atoms with Crippen LogP contribution in [0.15, 0.2) is 24.3 Å². The molecule has 5 heteroatoms. The molecule has 0 aliphatic rings. The quantitative estimate of drug-likeness (QED) is 0.747. The third-order valence-electron chi connectivity index (χ3n) is 2.01. The predicted octanol–water partition coefficient (Wildman–Crippen LogP) is 0.335. The predicted molar refractivity (Wildman–Crippen MR) is 58.5 cm³/mol. The van der Waals surface area contributed by atoms with Crippen LogP contribution in [0.2, 0.25) is 0 Å². The molecule has 1 unspecified atom stereocenters. The normalized spacial score (nSPS) is 11.5. The molecule has 1 aromatic rings. The number of hydrogen-bond acceptors (Lipinski definition) is 4. The molecule has 0 fully saturated rings. The zero-order chi connectivity index (χ0) is 12.0. The molecule has 0 aromatic heterocycles. The zero-order valence-electron chi connectivity index (χ0n) is 8.93. The van der Waals surface area contributed by atoms with Gasteiger partial charge in [-0.15, -0.1) is 0 Å².